The molecule has 0 aromatic rings. The van der Waals surface area contributed by atoms with E-state index < -0.39 is 0 Å². The Hall–Kier alpha value is -0.0800. The number of epoxide rings is 1. The minimum Gasteiger partial charge on any atom is -0.390 e. The van der Waals surface area contributed by atoms with E-state index in [4.69, 9.17) is 4.74 Å². The van der Waals surface area contributed by atoms with Crippen LogP contribution in [0, 0.1) is 35.0 Å². The molecule has 0 amide bonds. The average Bonchev–Trinajstić information content (AvgIpc) is 3.06. The zero-order valence-electron chi connectivity index (χ0n) is 11.8. The van der Waals surface area contributed by atoms with Gasteiger partial charge < -0.3 is 9.84 Å². The lowest BCUT2D eigenvalue weighted by atomic mass is 9.51. The van der Waals surface area contributed by atoms with Gasteiger partial charge in [-0.3, -0.25) is 0 Å². The van der Waals surface area contributed by atoms with Gasteiger partial charge in [-0.25, -0.2) is 0 Å². The standard InChI is InChI=1S/C16H26O2/c1-8-6-9(2)13-11(8)5-4-10-7-12(17)14-15(18-14)16(10,13)3/h8-15,17H,4-7H2,1-3H3/t8?,9?,10?,11?,12-,13?,14-,15-,16+/m1/s1. The summed E-state index contributed by atoms with van der Waals surface area (Å²) in [5, 5.41) is 10.1. The molecule has 102 valence electrons. The van der Waals surface area contributed by atoms with Crippen molar-refractivity contribution in [2.45, 2.75) is 64.8 Å². The van der Waals surface area contributed by atoms with Crippen LogP contribution in [-0.4, -0.2) is 23.4 Å². The zero-order chi connectivity index (χ0) is 12.7. The summed E-state index contributed by atoms with van der Waals surface area (Å²) in [4.78, 5) is 0. The molecule has 1 heterocycles. The number of aliphatic hydroxyl groups is 1. The van der Waals surface area contributed by atoms with Gasteiger partial charge >= 0.3 is 0 Å². The van der Waals surface area contributed by atoms with Crippen molar-refractivity contribution < 1.29 is 9.84 Å². The predicted molar refractivity (Wildman–Crippen MR) is 70.0 cm³/mol. The summed E-state index contributed by atoms with van der Waals surface area (Å²) in [6.45, 7) is 7.39. The van der Waals surface area contributed by atoms with E-state index in [0.717, 1.165) is 30.1 Å². The highest BCUT2D eigenvalue weighted by Crippen LogP contribution is 2.66. The molecule has 3 aliphatic carbocycles. The van der Waals surface area contributed by atoms with Gasteiger partial charge in [-0.15, -0.1) is 0 Å². The van der Waals surface area contributed by atoms with Crippen molar-refractivity contribution in [3.8, 4) is 0 Å². The first-order chi connectivity index (χ1) is 8.53. The van der Waals surface area contributed by atoms with Gasteiger partial charge in [0.1, 0.15) is 6.10 Å². The quantitative estimate of drug-likeness (QED) is 0.671. The number of ether oxygens (including phenoxy) is 1. The molecule has 0 bridgehead atoms. The topological polar surface area (TPSA) is 32.8 Å². The fourth-order valence-corrected chi connectivity index (χ4v) is 6.34. The average molecular weight is 250 g/mol. The second-order valence-electron chi connectivity index (χ2n) is 7.84. The van der Waals surface area contributed by atoms with Crippen molar-refractivity contribution >= 4 is 0 Å². The van der Waals surface area contributed by atoms with E-state index in [-0.39, 0.29) is 12.2 Å². The number of rotatable bonds is 0. The summed E-state index contributed by atoms with van der Waals surface area (Å²) in [7, 11) is 0. The van der Waals surface area contributed by atoms with E-state index in [1.54, 1.807) is 0 Å². The Morgan fingerprint density at radius 2 is 1.89 bits per heavy atom. The molecule has 4 aliphatic rings. The van der Waals surface area contributed by atoms with Gasteiger partial charge in [-0.05, 0) is 55.3 Å². The molecule has 9 atom stereocenters. The van der Waals surface area contributed by atoms with Crippen molar-refractivity contribution in [2.24, 2.45) is 35.0 Å². The number of hydrogen-bond acceptors (Lipinski definition) is 2. The summed E-state index contributed by atoms with van der Waals surface area (Å²) in [5.74, 6) is 4.20. The van der Waals surface area contributed by atoms with Gasteiger partial charge in [0.25, 0.3) is 0 Å². The molecule has 4 rings (SSSR count). The lowest BCUT2D eigenvalue weighted by molar-refractivity contribution is -0.0625. The number of hydrogen-bond donors (Lipinski definition) is 1. The maximum Gasteiger partial charge on any atom is 0.111 e. The van der Waals surface area contributed by atoms with Gasteiger partial charge in [-0.1, -0.05) is 20.8 Å². The molecule has 0 aromatic carbocycles. The van der Waals surface area contributed by atoms with Gasteiger partial charge in [0.2, 0.25) is 0 Å². The van der Waals surface area contributed by atoms with E-state index in [2.05, 4.69) is 20.8 Å². The SMILES string of the molecule is CC1CC(C)C2C1CCC1C[C@@H](O)[C@H]3O[C@H]3[C@@]12C. The van der Waals surface area contributed by atoms with Crippen LogP contribution < -0.4 is 0 Å². The van der Waals surface area contributed by atoms with E-state index in [9.17, 15) is 5.11 Å². The van der Waals surface area contributed by atoms with Crippen LogP contribution in [0.5, 0.6) is 0 Å². The van der Waals surface area contributed by atoms with Crippen LogP contribution in [0.2, 0.25) is 0 Å². The maximum atomic E-state index is 10.1. The second-order valence-corrected chi connectivity index (χ2v) is 7.84. The van der Waals surface area contributed by atoms with Gasteiger partial charge in [0.05, 0.1) is 12.2 Å². The minimum atomic E-state index is -0.182. The minimum absolute atomic E-state index is 0.174. The molecule has 1 saturated heterocycles. The molecule has 1 aliphatic heterocycles. The Kier molecular flexibility index (Phi) is 2.29. The third kappa shape index (κ3) is 1.27. The van der Waals surface area contributed by atoms with Crippen molar-refractivity contribution in [3.63, 3.8) is 0 Å². The monoisotopic (exact) mass is 250 g/mol. The fraction of sp³-hybridized carbons (Fsp3) is 1.00. The molecule has 0 aromatic heterocycles. The van der Waals surface area contributed by atoms with Gasteiger partial charge in [0.15, 0.2) is 0 Å². The predicted octanol–water partition coefficient (Wildman–Crippen LogP) is 2.84. The van der Waals surface area contributed by atoms with Crippen molar-refractivity contribution in [3.05, 3.63) is 0 Å². The smallest absolute Gasteiger partial charge is 0.111 e. The Labute approximate surface area is 110 Å². The van der Waals surface area contributed by atoms with Crippen LogP contribution in [0.4, 0.5) is 0 Å². The summed E-state index contributed by atoms with van der Waals surface area (Å²) in [5.41, 5.74) is 0.358. The van der Waals surface area contributed by atoms with Crippen molar-refractivity contribution in [1.29, 1.82) is 0 Å². The van der Waals surface area contributed by atoms with Crippen LogP contribution in [0.15, 0.2) is 0 Å². The Morgan fingerprint density at radius 3 is 2.67 bits per heavy atom. The molecule has 1 N–H and O–H groups in total. The largest absolute Gasteiger partial charge is 0.390 e. The highest BCUT2D eigenvalue weighted by molar-refractivity contribution is 5.16. The first-order valence-electron chi connectivity index (χ1n) is 7.87. The van der Waals surface area contributed by atoms with Crippen LogP contribution >= 0.6 is 0 Å². The highest BCUT2D eigenvalue weighted by Gasteiger charge is 2.68. The van der Waals surface area contributed by atoms with Crippen LogP contribution in [0.3, 0.4) is 0 Å². The lowest BCUT2D eigenvalue weighted by Gasteiger charge is -2.53. The molecular formula is C16H26O2. The van der Waals surface area contributed by atoms with Crippen LogP contribution in [0.1, 0.15) is 46.5 Å². The maximum absolute atomic E-state index is 10.1. The van der Waals surface area contributed by atoms with Crippen LogP contribution in [0.25, 0.3) is 0 Å². The molecule has 18 heavy (non-hydrogen) atoms. The van der Waals surface area contributed by atoms with Crippen molar-refractivity contribution in [1.82, 2.24) is 0 Å². The fourth-order valence-electron chi connectivity index (χ4n) is 6.34. The van der Waals surface area contributed by atoms with Gasteiger partial charge in [-0.2, -0.15) is 0 Å². The first-order valence-corrected chi connectivity index (χ1v) is 7.87. The molecule has 2 nitrogen and oxygen atoms in total. The van der Waals surface area contributed by atoms with Gasteiger partial charge in [0, 0.05) is 5.41 Å². The second kappa shape index (κ2) is 3.52. The summed E-state index contributed by atoms with van der Waals surface area (Å²) < 4.78 is 5.90. The van der Waals surface area contributed by atoms with E-state index >= 15 is 0 Å². The number of fused-ring (bicyclic) bond motifs is 5. The lowest BCUT2D eigenvalue weighted by Crippen LogP contribution is -2.53. The molecule has 3 saturated carbocycles. The summed E-state index contributed by atoms with van der Waals surface area (Å²) in [6.07, 6.45) is 5.46. The summed E-state index contributed by atoms with van der Waals surface area (Å²) in [6, 6.07) is 0. The first kappa shape index (κ1) is 11.7. The van der Waals surface area contributed by atoms with Crippen LogP contribution in [-0.2, 0) is 4.74 Å². The molecule has 5 unspecified atom stereocenters. The highest BCUT2D eigenvalue weighted by atomic mass is 16.6. The van der Waals surface area contributed by atoms with Crippen molar-refractivity contribution in [2.75, 3.05) is 0 Å². The Bertz CT molecular complexity index is 368. The third-order valence-electron chi connectivity index (χ3n) is 7.04. The Morgan fingerprint density at radius 1 is 1.11 bits per heavy atom. The van der Waals surface area contributed by atoms with E-state index in [1.165, 1.54) is 19.3 Å². The number of aliphatic hydroxyl groups excluding tert-OH is 1. The third-order valence-corrected chi connectivity index (χ3v) is 7.04. The molecule has 2 heteroatoms. The van der Waals surface area contributed by atoms with E-state index in [1.807, 2.05) is 0 Å². The summed E-state index contributed by atoms with van der Waals surface area (Å²) >= 11 is 0. The molecule has 0 radical (unpaired) electrons. The Balaban J connectivity index is 1.72. The zero-order valence-corrected chi connectivity index (χ0v) is 11.8. The molecule has 0 spiro atoms. The van der Waals surface area contributed by atoms with E-state index in [0.29, 0.717) is 17.4 Å². The molecular weight excluding hydrogens is 224 g/mol. The molecule has 4 fully saturated rings. The normalized spacial score (nSPS) is 66.0.